The van der Waals surface area contributed by atoms with Crippen LogP contribution < -0.4 is 14.9 Å². The Morgan fingerprint density at radius 1 is 1.12 bits per heavy atom. The first-order valence-electron chi connectivity index (χ1n) is 14.3. The van der Waals surface area contributed by atoms with E-state index in [0.29, 0.717) is 50.4 Å². The lowest BCUT2D eigenvalue weighted by atomic mass is 9.99. The molecule has 0 spiro atoms. The van der Waals surface area contributed by atoms with Gasteiger partial charge in [0.05, 0.1) is 29.1 Å². The molecule has 3 N–H and O–H groups in total. The highest BCUT2D eigenvalue weighted by Crippen LogP contribution is 2.37. The number of nitrogens with one attached hydrogen (secondary N) is 2. The number of ether oxygens (including phenoxy) is 1. The Bertz CT molecular complexity index is 1430. The molecule has 40 heavy (non-hydrogen) atoms. The van der Waals surface area contributed by atoms with Crippen molar-refractivity contribution in [2.24, 2.45) is 0 Å². The van der Waals surface area contributed by atoms with E-state index in [1.807, 2.05) is 56.4 Å². The molecule has 3 heterocycles. The third kappa shape index (κ3) is 6.05. The first-order chi connectivity index (χ1) is 19.3. The summed E-state index contributed by atoms with van der Waals surface area (Å²) in [6, 6.07) is 13.1. The van der Waals surface area contributed by atoms with E-state index in [-0.39, 0.29) is 24.2 Å². The van der Waals surface area contributed by atoms with Gasteiger partial charge in [-0.15, -0.1) is 0 Å². The zero-order valence-corrected chi connectivity index (χ0v) is 24.1. The van der Waals surface area contributed by atoms with Gasteiger partial charge in [-0.25, -0.2) is 8.42 Å². The minimum atomic E-state index is -3.52. The first-order valence-corrected chi connectivity index (χ1v) is 15.9. The van der Waals surface area contributed by atoms with Crippen LogP contribution in [-0.2, 0) is 34.1 Å². The zero-order valence-electron chi connectivity index (χ0n) is 23.3. The van der Waals surface area contributed by atoms with Gasteiger partial charge in [-0.3, -0.25) is 9.10 Å². The molecule has 1 saturated heterocycles. The Morgan fingerprint density at radius 2 is 1.88 bits per heavy atom. The normalized spacial score (nSPS) is 18.8. The molecule has 1 aromatic heterocycles. The summed E-state index contributed by atoms with van der Waals surface area (Å²) in [5.41, 5.74) is 3.76. The fraction of sp³-hybridized carbons (Fsp3) is 0.500. The monoisotopic (exact) mass is 568 g/mol. The molecule has 9 nitrogen and oxygen atoms in total. The summed E-state index contributed by atoms with van der Waals surface area (Å²) in [5.74, 6) is -0.307. The predicted octanol–water partition coefficient (Wildman–Crippen LogP) is 2.84. The number of hydrogen-bond donors (Lipinski definition) is 3. The number of nitrogens with zero attached hydrogens (tertiary/aromatic N) is 2. The molecule has 3 aromatic rings. The lowest BCUT2D eigenvalue weighted by molar-refractivity contribution is 0.0657. The molecule has 0 bridgehead atoms. The van der Waals surface area contributed by atoms with Crippen LogP contribution in [0.25, 0.3) is 10.9 Å². The lowest BCUT2D eigenvalue weighted by Gasteiger charge is -2.29. The number of aromatic nitrogens is 1. The van der Waals surface area contributed by atoms with Crippen molar-refractivity contribution in [2.75, 3.05) is 36.4 Å². The van der Waals surface area contributed by atoms with Crippen LogP contribution >= 0.6 is 0 Å². The second-order valence-electron chi connectivity index (χ2n) is 10.7. The number of carbonyl (C=O) groups is 1. The van der Waals surface area contributed by atoms with Gasteiger partial charge in [0.25, 0.3) is 5.91 Å². The molecule has 0 unspecified atom stereocenters. The highest BCUT2D eigenvalue weighted by Gasteiger charge is 2.31. The summed E-state index contributed by atoms with van der Waals surface area (Å²) in [6.45, 7) is 6.59. The van der Waals surface area contributed by atoms with Crippen LogP contribution in [0.4, 0.5) is 5.69 Å². The molecule has 2 aliphatic rings. The summed E-state index contributed by atoms with van der Waals surface area (Å²) in [5, 5.41) is 18.7. The van der Waals surface area contributed by atoms with Crippen molar-refractivity contribution < 1.29 is 23.1 Å². The van der Waals surface area contributed by atoms with Gasteiger partial charge in [0.2, 0.25) is 10.0 Å². The number of aliphatic hydroxyl groups is 1. The molecule has 10 heteroatoms. The second-order valence-corrected chi connectivity index (χ2v) is 12.7. The molecule has 2 aromatic carbocycles. The zero-order chi connectivity index (χ0) is 28.3. The maximum Gasteiger partial charge on any atom is 0.251 e. The van der Waals surface area contributed by atoms with E-state index in [1.165, 1.54) is 4.31 Å². The SMILES string of the molecule is CCN1c2cc(C(=O)N[C@@H](Cc3ccccc3)[C@H](O)CNC3CCOCC3)cc3c2c(cn3CC)CCS1(=O)=O. The van der Waals surface area contributed by atoms with Gasteiger partial charge in [-0.1, -0.05) is 30.3 Å². The summed E-state index contributed by atoms with van der Waals surface area (Å²) in [7, 11) is -3.52. The second kappa shape index (κ2) is 12.3. The van der Waals surface area contributed by atoms with Gasteiger partial charge in [0.15, 0.2) is 0 Å². The maximum atomic E-state index is 13.8. The van der Waals surface area contributed by atoms with E-state index in [9.17, 15) is 18.3 Å². The van der Waals surface area contributed by atoms with E-state index in [1.54, 1.807) is 6.07 Å². The molecule has 0 aliphatic carbocycles. The summed E-state index contributed by atoms with van der Waals surface area (Å²) in [4.78, 5) is 13.8. The van der Waals surface area contributed by atoms with Crippen molar-refractivity contribution in [3.63, 3.8) is 0 Å². The van der Waals surface area contributed by atoms with Crippen LogP contribution in [0.3, 0.4) is 0 Å². The van der Waals surface area contributed by atoms with E-state index in [0.717, 1.165) is 34.9 Å². The highest BCUT2D eigenvalue weighted by molar-refractivity contribution is 7.92. The first kappa shape index (κ1) is 28.6. The standard InChI is InChI=1S/C30H40N4O5S/c1-3-33-20-22-12-15-40(37,38)34(4-2)27-18-23(17-26(33)29(22)27)30(36)32-25(16-21-8-6-5-7-9-21)28(35)19-31-24-10-13-39-14-11-24/h5-9,17-18,20,24-25,28,31,35H,3-4,10-16,19H2,1-2H3,(H,32,36)/t25-,28+/m0/s1. The van der Waals surface area contributed by atoms with E-state index >= 15 is 0 Å². The summed E-state index contributed by atoms with van der Waals surface area (Å²) < 4.78 is 35.2. The van der Waals surface area contributed by atoms with Gasteiger partial charge in [0, 0.05) is 56.0 Å². The molecule has 5 rings (SSSR count). The average Bonchev–Trinajstić information content (AvgIpc) is 3.28. The van der Waals surface area contributed by atoms with Crippen molar-refractivity contribution in [3.05, 3.63) is 65.4 Å². The van der Waals surface area contributed by atoms with E-state index < -0.39 is 22.2 Å². The van der Waals surface area contributed by atoms with Crippen LogP contribution in [0.15, 0.2) is 48.7 Å². The van der Waals surface area contributed by atoms with Crippen molar-refractivity contribution in [2.45, 2.75) is 64.3 Å². The van der Waals surface area contributed by atoms with Crippen molar-refractivity contribution in [1.29, 1.82) is 0 Å². The highest BCUT2D eigenvalue weighted by atomic mass is 32.2. The number of benzene rings is 2. The fourth-order valence-corrected chi connectivity index (χ4v) is 7.40. The number of amides is 1. The minimum Gasteiger partial charge on any atom is -0.390 e. The average molecular weight is 569 g/mol. The smallest absolute Gasteiger partial charge is 0.251 e. The van der Waals surface area contributed by atoms with E-state index in [4.69, 9.17) is 4.74 Å². The number of aliphatic hydroxyl groups excluding tert-OH is 1. The number of sulfonamides is 1. The Morgan fingerprint density at radius 3 is 2.58 bits per heavy atom. The number of rotatable bonds is 10. The predicted molar refractivity (Wildman–Crippen MR) is 157 cm³/mol. The van der Waals surface area contributed by atoms with Crippen molar-refractivity contribution >= 4 is 32.5 Å². The summed E-state index contributed by atoms with van der Waals surface area (Å²) in [6.07, 6.45) is 3.86. The van der Waals surface area contributed by atoms with Crippen LogP contribution in [0, 0.1) is 0 Å². The quantitative estimate of drug-likeness (QED) is 0.347. The Hall–Kier alpha value is -2.92. The maximum absolute atomic E-state index is 13.8. The number of aryl methyl sites for hydroxylation is 2. The third-order valence-electron chi connectivity index (χ3n) is 8.08. The Kier molecular flexibility index (Phi) is 8.80. The molecule has 0 radical (unpaired) electrons. The van der Waals surface area contributed by atoms with Crippen molar-refractivity contribution in [3.8, 4) is 0 Å². The Labute approximate surface area is 236 Å². The van der Waals surface area contributed by atoms with Gasteiger partial charge < -0.3 is 25.0 Å². The van der Waals surface area contributed by atoms with Crippen LogP contribution in [0.2, 0.25) is 0 Å². The summed E-state index contributed by atoms with van der Waals surface area (Å²) >= 11 is 0. The molecule has 216 valence electrons. The fourth-order valence-electron chi connectivity index (χ4n) is 5.87. The topological polar surface area (TPSA) is 113 Å². The van der Waals surface area contributed by atoms with Gasteiger partial charge >= 0.3 is 0 Å². The molecule has 1 fully saturated rings. The van der Waals surface area contributed by atoms with Crippen LogP contribution in [0.5, 0.6) is 0 Å². The Balaban J connectivity index is 1.45. The number of carbonyl (C=O) groups excluding carboxylic acids is 1. The van der Waals surface area contributed by atoms with Gasteiger partial charge in [0.1, 0.15) is 0 Å². The molecule has 2 aliphatic heterocycles. The largest absolute Gasteiger partial charge is 0.390 e. The molecule has 2 atom stereocenters. The minimum absolute atomic E-state index is 0.0331. The van der Waals surface area contributed by atoms with Gasteiger partial charge in [-0.2, -0.15) is 0 Å². The van der Waals surface area contributed by atoms with Crippen LogP contribution in [-0.4, -0.2) is 74.2 Å². The third-order valence-corrected chi connectivity index (χ3v) is 9.93. The molecule has 1 amide bonds. The molecular weight excluding hydrogens is 528 g/mol. The molecule has 0 saturated carbocycles. The molecular formula is C30H40N4O5S. The number of hydrogen-bond acceptors (Lipinski definition) is 6. The lowest BCUT2D eigenvalue weighted by Crippen LogP contribution is -2.50. The van der Waals surface area contributed by atoms with Gasteiger partial charge in [-0.05, 0) is 62.8 Å². The van der Waals surface area contributed by atoms with E-state index in [2.05, 4.69) is 15.2 Å². The number of anilines is 1. The van der Waals surface area contributed by atoms with Crippen molar-refractivity contribution in [1.82, 2.24) is 15.2 Å². The van der Waals surface area contributed by atoms with Crippen LogP contribution in [0.1, 0.15) is 48.2 Å².